The van der Waals surface area contributed by atoms with Crippen molar-refractivity contribution in [1.82, 2.24) is 9.97 Å². The number of fused-ring (bicyclic) bond motifs is 1. The van der Waals surface area contributed by atoms with Crippen LogP contribution < -0.4 is 15.6 Å². The van der Waals surface area contributed by atoms with Crippen molar-refractivity contribution >= 4 is 35.0 Å². The van der Waals surface area contributed by atoms with Crippen LogP contribution in [0.4, 0.5) is 5.82 Å². The summed E-state index contributed by atoms with van der Waals surface area (Å²) in [5.41, 5.74) is 2.79. The summed E-state index contributed by atoms with van der Waals surface area (Å²) in [4.78, 5) is 34.5. The summed E-state index contributed by atoms with van der Waals surface area (Å²) in [7, 11) is 1.46. The van der Waals surface area contributed by atoms with Crippen LogP contribution in [-0.4, -0.2) is 28.0 Å². The zero-order valence-electron chi connectivity index (χ0n) is 20.1. The number of carbonyl (C=O) groups excluding carboxylic acids is 1. The minimum atomic E-state index is -0.631. The molecule has 1 aliphatic heterocycles. The highest BCUT2D eigenvalue weighted by molar-refractivity contribution is 7.98. The number of methoxy groups -OCH3 is 1. The largest absolute Gasteiger partial charge is 0.504 e. The lowest BCUT2D eigenvalue weighted by Crippen LogP contribution is -2.37. The lowest BCUT2D eigenvalue weighted by Gasteiger charge is -2.38. The molecule has 2 heterocycles. The molecule has 0 saturated heterocycles. The van der Waals surface area contributed by atoms with Gasteiger partial charge in [-0.1, -0.05) is 61.5 Å². The van der Waals surface area contributed by atoms with Crippen LogP contribution in [0.1, 0.15) is 49.3 Å². The van der Waals surface area contributed by atoms with Gasteiger partial charge in [-0.15, -0.1) is 0 Å². The number of aromatic hydroxyl groups is 1. The number of aromatic amines is 1. The Balaban J connectivity index is 1.61. The Labute approximate surface area is 218 Å². The van der Waals surface area contributed by atoms with Crippen LogP contribution in [0.3, 0.4) is 0 Å². The maximum Gasteiger partial charge on any atom is 0.257 e. The fourth-order valence-corrected chi connectivity index (χ4v) is 6.08. The fraction of sp³-hybridized carbons (Fsp3) is 0.296. The molecule has 0 fully saturated rings. The molecule has 0 bridgehead atoms. The van der Waals surface area contributed by atoms with Crippen molar-refractivity contribution in [3.8, 4) is 11.5 Å². The third-order valence-corrected chi connectivity index (χ3v) is 7.85. The van der Waals surface area contributed by atoms with Crippen LogP contribution in [0, 0.1) is 5.41 Å². The lowest BCUT2D eigenvalue weighted by molar-refractivity contribution is -0.118. The lowest BCUT2D eigenvalue weighted by atomic mass is 9.69. The molecule has 36 heavy (non-hydrogen) atoms. The van der Waals surface area contributed by atoms with Gasteiger partial charge in [0.1, 0.15) is 5.82 Å². The first kappa shape index (κ1) is 24.5. The summed E-state index contributed by atoms with van der Waals surface area (Å²) in [6.07, 6.45) is 1.03. The molecule has 2 aromatic carbocycles. The predicted molar refractivity (Wildman–Crippen MR) is 141 cm³/mol. The number of Topliss-reactive ketones (excluding diaryl/α,β-unsaturated/α-hetero) is 1. The van der Waals surface area contributed by atoms with Gasteiger partial charge in [0.2, 0.25) is 0 Å². The number of H-pyrrole nitrogens is 1. The number of rotatable bonds is 5. The number of hydrogen-bond acceptors (Lipinski definition) is 7. The molecule has 9 heteroatoms. The molecule has 5 rings (SSSR count). The summed E-state index contributed by atoms with van der Waals surface area (Å²) < 4.78 is 5.31. The molecule has 0 radical (unpaired) electrons. The Morgan fingerprint density at radius 1 is 1.19 bits per heavy atom. The Morgan fingerprint density at radius 2 is 1.97 bits per heavy atom. The van der Waals surface area contributed by atoms with Gasteiger partial charge < -0.3 is 20.1 Å². The number of phenols is 1. The van der Waals surface area contributed by atoms with E-state index >= 15 is 0 Å². The zero-order chi connectivity index (χ0) is 25.6. The SMILES string of the molecule is COc1cc([C@H]2C3=C(CC(C)(C)CC3=O)Nc3nc(SCc4ccccc4Cl)[nH]c(=O)c32)ccc1O. The number of anilines is 1. The van der Waals surface area contributed by atoms with Crippen LogP contribution in [0.15, 0.2) is 63.7 Å². The Bertz CT molecular complexity index is 1460. The van der Waals surface area contributed by atoms with Gasteiger partial charge in [-0.25, -0.2) is 4.98 Å². The normalized spacial score (nSPS) is 18.3. The Morgan fingerprint density at radius 3 is 2.72 bits per heavy atom. The van der Waals surface area contributed by atoms with Crippen LogP contribution in [-0.2, 0) is 10.5 Å². The number of nitrogens with zero attached hydrogens (tertiary/aromatic N) is 1. The number of nitrogens with one attached hydrogen (secondary N) is 2. The number of halogens is 1. The van der Waals surface area contributed by atoms with Crippen molar-refractivity contribution in [3.05, 3.63) is 85.8 Å². The molecule has 0 spiro atoms. The summed E-state index contributed by atoms with van der Waals surface area (Å²) in [6, 6.07) is 12.5. The highest BCUT2D eigenvalue weighted by atomic mass is 35.5. The van der Waals surface area contributed by atoms with E-state index in [0.717, 1.165) is 11.3 Å². The number of aromatic nitrogens is 2. The number of ketones is 1. The van der Waals surface area contributed by atoms with E-state index in [1.165, 1.54) is 24.9 Å². The summed E-state index contributed by atoms with van der Waals surface area (Å²) in [5, 5.41) is 14.6. The van der Waals surface area contributed by atoms with Crippen molar-refractivity contribution < 1.29 is 14.6 Å². The standard InChI is InChI=1S/C27H26ClN3O4S/c1-27(2)11-17-22(19(33)12-27)21(14-8-9-18(32)20(10-14)35-3)23-24(29-17)30-26(31-25(23)34)36-13-15-6-4-5-7-16(15)28/h4-10,21,32H,11-13H2,1-3H3,(H2,29,30,31,34)/t21-/m0/s1. The van der Waals surface area contributed by atoms with Gasteiger partial charge >= 0.3 is 0 Å². The van der Waals surface area contributed by atoms with E-state index in [0.29, 0.717) is 51.3 Å². The monoisotopic (exact) mass is 523 g/mol. The number of hydrogen-bond donors (Lipinski definition) is 3. The van der Waals surface area contributed by atoms with E-state index in [1.807, 2.05) is 24.3 Å². The third-order valence-electron chi connectivity index (χ3n) is 6.56. The summed E-state index contributed by atoms with van der Waals surface area (Å²) >= 11 is 7.67. The number of phenolic OH excluding ortho intramolecular Hbond substituents is 1. The van der Waals surface area contributed by atoms with Gasteiger partial charge in [0.05, 0.1) is 12.7 Å². The first-order chi connectivity index (χ1) is 17.2. The molecule has 1 atom stereocenters. The molecule has 1 aliphatic carbocycles. The van der Waals surface area contributed by atoms with Crippen molar-refractivity contribution in [2.24, 2.45) is 5.41 Å². The minimum absolute atomic E-state index is 0.00647. The van der Waals surface area contributed by atoms with Crippen molar-refractivity contribution in [2.45, 2.75) is 43.5 Å². The van der Waals surface area contributed by atoms with E-state index in [1.54, 1.807) is 12.1 Å². The molecule has 7 nitrogen and oxygen atoms in total. The van der Waals surface area contributed by atoms with Crippen molar-refractivity contribution in [3.63, 3.8) is 0 Å². The molecule has 0 amide bonds. The Hall–Kier alpha value is -3.23. The third kappa shape index (κ3) is 4.51. The van der Waals surface area contributed by atoms with Gasteiger partial charge in [-0.05, 0) is 41.2 Å². The van der Waals surface area contributed by atoms with E-state index in [4.69, 9.17) is 21.3 Å². The molecule has 2 aliphatic rings. The number of thioether (sulfide) groups is 1. The maximum atomic E-state index is 13.5. The average molecular weight is 524 g/mol. The smallest absolute Gasteiger partial charge is 0.257 e. The summed E-state index contributed by atoms with van der Waals surface area (Å²) in [6.45, 7) is 4.11. The quantitative estimate of drug-likeness (QED) is 0.294. The van der Waals surface area contributed by atoms with Gasteiger partial charge in [0, 0.05) is 34.4 Å². The van der Waals surface area contributed by atoms with Crippen LogP contribution in [0.25, 0.3) is 0 Å². The number of benzene rings is 2. The molecule has 186 valence electrons. The molecular weight excluding hydrogens is 498 g/mol. The predicted octanol–water partition coefficient (Wildman–Crippen LogP) is 5.63. The first-order valence-electron chi connectivity index (χ1n) is 11.6. The minimum Gasteiger partial charge on any atom is -0.504 e. The second kappa shape index (κ2) is 9.33. The highest BCUT2D eigenvalue weighted by Gasteiger charge is 2.42. The number of carbonyl (C=O) groups is 1. The molecule has 1 aromatic heterocycles. The maximum absolute atomic E-state index is 13.5. The molecule has 0 saturated carbocycles. The second-order valence-electron chi connectivity index (χ2n) is 9.84. The van der Waals surface area contributed by atoms with E-state index < -0.39 is 5.92 Å². The van der Waals surface area contributed by atoms with E-state index in [9.17, 15) is 14.7 Å². The van der Waals surface area contributed by atoms with Crippen molar-refractivity contribution in [1.29, 1.82) is 0 Å². The molecular formula is C27H26ClN3O4S. The Kier molecular flexibility index (Phi) is 6.34. The average Bonchev–Trinajstić information content (AvgIpc) is 2.82. The fourth-order valence-electron chi connectivity index (χ4n) is 4.93. The van der Waals surface area contributed by atoms with E-state index in [-0.39, 0.29) is 28.3 Å². The van der Waals surface area contributed by atoms with Gasteiger partial charge in [0.25, 0.3) is 5.56 Å². The van der Waals surface area contributed by atoms with Gasteiger partial charge in [-0.3, -0.25) is 9.59 Å². The van der Waals surface area contributed by atoms with Crippen molar-refractivity contribution in [2.75, 3.05) is 12.4 Å². The van der Waals surface area contributed by atoms with Gasteiger partial charge in [0.15, 0.2) is 22.4 Å². The molecule has 0 unspecified atom stereocenters. The topological polar surface area (TPSA) is 104 Å². The van der Waals surface area contributed by atoms with Crippen LogP contribution in [0.5, 0.6) is 11.5 Å². The molecule has 3 aromatic rings. The zero-order valence-corrected chi connectivity index (χ0v) is 21.7. The number of ether oxygens (including phenoxy) is 1. The van der Waals surface area contributed by atoms with Crippen LogP contribution in [0.2, 0.25) is 5.02 Å². The molecule has 3 N–H and O–H groups in total. The summed E-state index contributed by atoms with van der Waals surface area (Å²) in [5.74, 6) is 0.594. The second-order valence-corrected chi connectivity index (χ2v) is 11.2. The van der Waals surface area contributed by atoms with E-state index in [2.05, 4.69) is 24.1 Å². The van der Waals surface area contributed by atoms with Gasteiger partial charge in [-0.2, -0.15) is 0 Å². The van der Waals surface area contributed by atoms with Crippen LogP contribution >= 0.6 is 23.4 Å². The number of allylic oxidation sites excluding steroid dienone is 2. The first-order valence-corrected chi connectivity index (χ1v) is 12.9. The highest BCUT2D eigenvalue weighted by Crippen LogP contribution is 2.48.